The zero-order chi connectivity index (χ0) is 28.5. The number of carbonyl (C=O) groups excluding carboxylic acids is 2. The molecule has 1 fully saturated rings. The average Bonchev–Trinajstić information content (AvgIpc) is 2.84. The maximum Gasteiger partial charge on any atom is 0.410 e. The van der Waals surface area contributed by atoms with E-state index in [2.05, 4.69) is 31.2 Å². The Labute approximate surface area is 243 Å². The molecule has 1 aliphatic heterocycles. The Morgan fingerprint density at radius 2 is 1.85 bits per heavy atom. The summed E-state index contributed by atoms with van der Waals surface area (Å²) in [7, 11) is 0. The second-order valence-corrected chi connectivity index (χ2v) is 11.8. The predicted molar refractivity (Wildman–Crippen MR) is 154 cm³/mol. The van der Waals surface area contributed by atoms with Crippen molar-refractivity contribution in [3.63, 3.8) is 0 Å². The molecule has 10 nitrogen and oxygen atoms in total. The Morgan fingerprint density at radius 3 is 2.51 bits per heavy atom. The quantitative estimate of drug-likeness (QED) is 0.359. The number of carbonyl (C=O) groups is 2. The Bertz CT molecular complexity index is 1470. The van der Waals surface area contributed by atoms with Gasteiger partial charge in [-0.05, 0) is 63.8 Å². The first-order valence-electron chi connectivity index (χ1n) is 12.1. The molecule has 3 N–H and O–H groups in total. The molecule has 0 aliphatic carbocycles. The standard InChI is InChI=1S/C26H27BrCl2N6O4/c1-26(2,3)39-25(38)34-7-5-4-6-19(34)14-8-16(12-31-11-14)33-23(36)20-22(30)32-13-35(24(20)37)21-17(28)9-15(27)10-18(21)29/h8-13,19H,4-7,30H2,1-3H3,(H,33,36)/t19-/m0/s1. The van der Waals surface area contributed by atoms with Crippen molar-refractivity contribution in [3.05, 3.63) is 72.9 Å². The number of nitrogens with zero attached hydrogens (tertiary/aromatic N) is 4. The van der Waals surface area contributed by atoms with E-state index in [0.717, 1.165) is 29.3 Å². The number of halogens is 3. The van der Waals surface area contributed by atoms with Gasteiger partial charge in [0.2, 0.25) is 0 Å². The highest BCUT2D eigenvalue weighted by molar-refractivity contribution is 9.10. The van der Waals surface area contributed by atoms with E-state index >= 15 is 0 Å². The molecule has 206 valence electrons. The number of amides is 2. The van der Waals surface area contributed by atoms with E-state index in [4.69, 9.17) is 33.7 Å². The van der Waals surface area contributed by atoms with E-state index in [9.17, 15) is 14.4 Å². The second-order valence-electron chi connectivity index (χ2n) is 10.0. The van der Waals surface area contributed by atoms with E-state index in [1.807, 2.05) is 20.8 Å². The molecule has 0 radical (unpaired) electrons. The number of nitrogens with one attached hydrogen (secondary N) is 1. The smallest absolute Gasteiger partial charge is 0.410 e. The van der Waals surface area contributed by atoms with Crippen LogP contribution in [0.4, 0.5) is 16.3 Å². The molecule has 1 saturated heterocycles. The van der Waals surface area contributed by atoms with Crippen LogP contribution in [-0.2, 0) is 4.74 Å². The molecule has 3 aromatic rings. The number of hydrogen-bond donors (Lipinski definition) is 2. The highest BCUT2D eigenvalue weighted by Gasteiger charge is 2.32. The Balaban J connectivity index is 1.63. The van der Waals surface area contributed by atoms with Crippen LogP contribution in [0.3, 0.4) is 0 Å². The largest absolute Gasteiger partial charge is 0.444 e. The third-order valence-corrected chi connectivity index (χ3v) is 7.02. The van der Waals surface area contributed by atoms with Gasteiger partial charge in [0.05, 0.1) is 33.7 Å². The normalized spacial score (nSPS) is 15.6. The van der Waals surface area contributed by atoms with Crippen molar-refractivity contribution < 1.29 is 14.3 Å². The number of nitrogen functional groups attached to an aromatic ring is 1. The number of pyridine rings is 1. The van der Waals surface area contributed by atoms with Gasteiger partial charge in [-0.15, -0.1) is 0 Å². The summed E-state index contributed by atoms with van der Waals surface area (Å²) in [6, 6.07) is 4.56. The molecular formula is C26H27BrCl2N6O4. The van der Waals surface area contributed by atoms with Gasteiger partial charge in [0, 0.05) is 17.2 Å². The topological polar surface area (TPSA) is 132 Å². The van der Waals surface area contributed by atoms with Gasteiger partial charge in [-0.1, -0.05) is 39.1 Å². The number of rotatable bonds is 4. The number of anilines is 2. The van der Waals surface area contributed by atoms with Crippen molar-refractivity contribution in [3.8, 4) is 5.69 Å². The molecule has 3 heterocycles. The van der Waals surface area contributed by atoms with Crippen LogP contribution in [-0.4, -0.2) is 43.6 Å². The van der Waals surface area contributed by atoms with Crippen LogP contribution < -0.4 is 16.6 Å². The first-order valence-corrected chi connectivity index (χ1v) is 13.7. The van der Waals surface area contributed by atoms with Gasteiger partial charge in [-0.25, -0.2) is 9.78 Å². The van der Waals surface area contributed by atoms with Crippen molar-refractivity contribution in [2.75, 3.05) is 17.6 Å². The number of nitrogens with two attached hydrogens (primary N) is 1. The summed E-state index contributed by atoms with van der Waals surface area (Å²) in [5.74, 6) is -1.04. The summed E-state index contributed by atoms with van der Waals surface area (Å²) in [4.78, 5) is 49.4. The fourth-order valence-corrected chi connectivity index (χ4v) is 5.71. The SMILES string of the molecule is CC(C)(C)OC(=O)N1CCCC[C@H]1c1cncc(NC(=O)c2c(N)ncn(-c3c(Cl)cc(Br)cc3Cl)c2=O)c1. The highest BCUT2D eigenvalue weighted by Crippen LogP contribution is 2.34. The van der Waals surface area contributed by atoms with Crippen molar-refractivity contribution in [1.82, 2.24) is 19.4 Å². The number of benzene rings is 1. The van der Waals surface area contributed by atoms with Crippen molar-refractivity contribution in [2.24, 2.45) is 0 Å². The number of piperidine rings is 1. The molecular weight excluding hydrogens is 611 g/mol. The van der Waals surface area contributed by atoms with Gasteiger partial charge in [-0.3, -0.25) is 19.1 Å². The molecule has 13 heteroatoms. The van der Waals surface area contributed by atoms with Crippen LogP contribution in [0.1, 0.15) is 62.0 Å². The number of aromatic nitrogens is 3. The van der Waals surface area contributed by atoms with Crippen LogP contribution >= 0.6 is 39.1 Å². The van der Waals surface area contributed by atoms with Gasteiger partial charge in [0.25, 0.3) is 11.5 Å². The summed E-state index contributed by atoms with van der Waals surface area (Å²) < 4.78 is 7.28. The molecule has 1 aliphatic rings. The number of likely N-dealkylation sites (tertiary alicyclic amines) is 1. The Kier molecular flexibility index (Phi) is 8.53. The van der Waals surface area contributed by atoms with Crippen LogP contribution in [0.15, 0.2) is 46.2 Å². The first kappa shape index (κ1) is 28.8. The highest BCUT2D eigenvalue weighted by atomic mass is 79.9. The minimum absolute atomic E-state index is 0.163. The monoisotopic (exact) mass is 636 g/mol. The lowest BCUT2D eigenvalue weighted by atomic mass is 9.96. The molecule has 2 aromatic heterocycles. The fraction of sp³-hybridized carbons (Fsp3) is 0.346. The molecule has 0 bridgehead atoms. The average molecular weight is 638 g/mol. The van der Waals surface area contributed by atoms with Gasteiger partial charge in [0.15, 0.2) is 0 Å². The lowest BCUT2D eigenvalue weighted by Gasteiger charge is -2.37. The third-order valence-electron chi connectivity index (χ3n) is 5.98. The van der Waals surface area contributed by atoms with Crippen molar-refractivity contribution in [2.45, 2.75) is 51.7 Å². The summed E-state index contributed by atoms with van der Waals surface area (Å²) in [6.07, 6.45) is 6.34. The van der Waals surface area contributed by atoms with Crippen LogP contribution in [0.5, 0.6) is 0 Å². The van der Waals surface area contributed by atoms with Crippen molar-refractivity contribution in [1.29, 1.82) is 0 Å². The van der Waals surface area contributed by atoms with Gasteiger partial charge in [0.1, 0.15) is 23.3 Å². The minimum atomic E-state index is -0.782. The van der Waals surface area contributed by atoms with E-state index in [0.29, 0.717) is 23.1 Å². The number of hydrogen-bond acceptors (Lipinski definition) is 7. The minimum Gasteiger partial charge on any atom is -0.444 e. The summed E-state index contributed by atoms with van der Waals surface area (Å²) in [5.41, 5.74) is 5.38. The first-order chi connectivity index (χ1) is 18.4. The zero-order valence-corrected chi connectivity index (χ0v) is 24.6. The zero-order valence-electron chi connectivity index (χ0n) is 21.5. The predicted octanol–water partition coefficient (Wildman–Crippen LogP) is 5.99. The molecule has 1 atom stereocenters. The number of ether oxygens (including phenoxy) is 1. The Hall–Kier alpha value is -3.15. The Morgan fingerprint density at radius 1 is 1.15 bits per heavy atom. The third kappa shape index (κ3) is 6.54. The summed E-state index contributed by atoms with van der Waals surface area (Å²) in [5, 5.41) is 3.02. The van der Waals surface area contributed by atoms with E-state index in [1.165, 1.54) is 6.20 Å². The molecule has 0 unspecified atom stereocenters. The summed E-state index contributed by atoms with van der Waals surface area (Å²) >= 11 is 15.9. The van der Waals surface area contributed by atoms with E-state index < -0.39 is 23.2 Å². The molecule has 39 heavy (non-hydrogen) atoms. The lowest BCUT2D eigenvalue weighted by Crippen LogP contribution is -2.41. The van der Waals surface area contributed by atoms with E-state index in [1.54, 1.807) is 29.3 Å². The van der Waals surface area contributed by atoms with Crippen LogP contribution in [0.2, 0.25) is 10.0 Å². The van der Waals surface area contributed by atoms with Gasteiger partial charge >= 0.3 is 6.09 Å². The van der Waals surface area contributed by atoms with Crippen LogP contribution in [0.25, 0.3) is 5.69 Å². The maximum absolute atomic E-state index is 13.3. The lowest BCUT2D eigenvalue weighted by molar-refractivity contribution is 0.00947. The molecule has 4 rings (SSSR count). The second kappa shape index (κ2) is 11.5. The molecule has 2 amide bonds. The fourth-order valence-electron chi connectivity index (χ4n) is 4.32. The van der Waals surface area contributed by atoms with E-state index in [-0.39, 0.29) is 33.2 Å². The van der Waals surface area contributed by atoms with Gasteiger partial charge in [-0.2, -0.15) is 0 Å². The van der Waals surface area contributed by atoms with Crippen molar-refractivity contribution >= 4 is 62.6 Å². The molecule has 1 aromatic carbocycles. The van der Waals surface area contributed by atoms with Gasteiger partial charge < -0.3 is 20.7 Å². The summed E-state index contributed by atoms with van der Waals surface area (Å²) in [6.45, 7) is 6.00. The molecule has 0 saturated carbocycles. The van der Waals surface area contributed by atoms with Crippen LogP contribution in [0, 0.1) is 0 Å². The maximum atomic E-state index is 13.3. The molecule has 0 spiro atoms.